The quantitative estimate of drug-likeness (QED) is 0.801. The maximum Gasteiger partial charge on any atom is 0.324 e. The van der Waals surface area contributed by atoms with Gasteiger partial charge in [0.05, 0.1) is 12.3 Å². The van der Waals surface area contributed by atoms with E-state index in [4.69, 9.17) is 23.2 Å². The predicted octanol–water partition coefficient (Wildman–Crippen LogP) is 1.99. The number of thioether (sulfide) groups is 1. The SMILES string of the molecule is O=C1NC(=O)N2CCN(C(=O)CSCc3ccc(Cl)cc3Cl)CC12. The number of halogens is 2. The van der Waals surface area contributed by atoms with Crippen molar-refractivity contribution in [2.75, 3.05) is 25.4 Å². The summed E-state index contributed by atoms with van der Waals surface area (Å²) in [4.78, 5) is 38.7. The van der Waals surface area contributed by atoms with Gasteiger partial charge in [0.1, 0.15) is 6.04 Å². The first-order valence-electron chi connectivity index (χ1n) is 7.36. The molecule has 6 nitrogen and oxygen atoms in total. The van der Waals surface area contributed by atoms with Crippen molar-refractivity contribution in [1.82, 2.24) is 15.1 Å². The third kappa shape index (κ3) is 3.63. The fourth-order valence-electron chi connectivity index (χ4n) is 2.72. The van der Waals surface area contributed by atoms with E-state index in [9.17, 15) is 14.4 Å². The lowest BCUT2D eigenvalue weighted by molar-refractivity contribution is -0.132. The standard InChI is InChI=1S/C15H15Cl2N3O3S/c16-10-2-1-9(11(17)5-10)7-24-8-13(21)19-3-4-20-12(6-19)14(22)18-15(20)23/h1-2,5,12H,3-4,6-8H2,(H,18,22,23). The highest BCUT2D eigenvalue weighted by Crippen LogP contribution is 2.25. The van der Waals surface area contributed by atoms with Gasteiger partial charge in [0.25, 0.3) is 5.91 Å². The summed E-state index contributed by atoms with van der Waals surface area (Å²) in [6, 6.07) is 4.35. The zero-order valence-corrected chi connectivity index (χ0v) is 15.0. The number of benzene rings is 1. The zero-order valence-electron chi connectivity index (χ0n) is 12.6. The molecule has 2 aliphatic rings. The van der Waals surface area contributed by atoms with Crippen LogP contribution < -0.4 is 5.32 Å². The van der Waals surface area contributed by atoms with Crippen molar-refractivity contribution >= 4 is 52.8 Å². The molecule has 24 heavy (non-hydrogen) atoms. The number of carbonyl (C=O) groups excluding carboxylic acids is 3. The van der Waals surface area contributed by atoms with Crippen molar-refractivity contribution < 1.29 is 14.4 Å². The molecule has 2 saturated heterocycles. The van der Waals surface area contributed by atoms with Crippen LogP contribution >= 0.6 is 35.0 Å². The highest BCUT2D eigenvalue weighted by molar-refractivity contribution is 7.99. The van der Waals surface area contributed by atoms with Crippen LogP contribution in [-0.2, 0) is 15.3 Å². The molecule has 2 heterocycles. The Morgan fingerprint density at radius 3 is 2.83 bits per heavy atom. The Hall–Kier alpha value is -1.44. The van der Waals surface area contributed by atoms with Gasteiger partial charge in [-0.1, -0.05) is 29.3 Å². The molecule has 0 aromatic heterocycles. The molecule has 4 amide bonds. The molecule has 1 atom stereocenters. The summed E-state index contributed by atoms with van der Waals surface area (Å²) >= 11 is 13.4. The van der Waals surface area contributed by atoms with Crippen LogP contribution in [0.4, 0.5) is 4.79 Å². The first-order valence-corrected chi connectivity index (χ1v) is 9.27. The number of rotatable bonds is 4. The highest BCUT2D eigenvalue weighted by Gasteiger charge is 2.42. The summed E-state index contributed by atoms with van der Waals surface area (Å²) in [7, 11) is 0. The Morgan fingerprint density at radius 2 is 2.08 bits per heavy atom. The van der Waals surface area contributed by atoms with Gasteiger partial charge in [-0.05, 0) is 17.7 Å². The molecular formula is C15H15Cl2N3O3S. The van der Waals surface area contributed by atoms with E-state index in [0.717, 1.165) is 5.56 Å². The van der Waals surface area contributed by atoms with Crippen LogP contribution in [0.2, 0.25) is 10.0 Å². The average molecular weight is 388 g/mol. The van der Waals surface area contributed by atoms with Crippen LogP contribution in [0.15, 0.2) is 18.2 Å². The molecule has 2 aliphatic heterocycles. The van der Waals surface area contributed by atoms with Crippen LogP contribution in [0, 0.1) is 0 Å². The molecule has 0 saturated carbocycles. The molecule has 1 aromatic carbocycles. The molecule has 1 N–H and O–H groups in total. The molecule has 0 bridgehead atoms. The van der Waals surface area contributed by atoms with Gasteiger partial charge in [-0.15, -0.1) is 11.8 Å². The van der Waals surface area contributed by atoms with Gasteiger partial charge in [-0.25, -0.2) is 4.79 Å². The number of imide groups is 1. The van der Waals surface area contributed by atoms with Crippen LogP contribution in [0.5, 0.6) is 0 Å². The van der Waals surface area contributed by atoms with Crippen molar-refractivity contribution in [1.29, 1.82) is 0 Å². The summed E-state index contributed by atoms with van der Waals surface area (Å²) in [5.41, 5.74) is 0.921. The third-order valence-electron chi connectivity index (χ3n) is 4.02. The van der Waals surface area contributed by atoms with Gasteiger partial charge in [0, 0.05) is 28.9 Å². The fraction of sp³-hybridized carbons (Fsp3) is 0.400. The van der Waals surface area contributed by atoms with Crippen molar-refractivity contribution in [3.8, 4) is 0 Å². The zero-order chi connectivity index (χ0) is 17.3. The van der Waals surface area contributed by atoms with E-state index < -0.39 is 6.04 Å². The second-order valence-electron chi connectivity index (χ2n) is 5.57. The number of urea groups is 1. The molecule has 128 valence electrons. The Morgan fingerprint density at radius 1 is 1.29 bits per heavy atom. The molecule has 3 rings (SSSR count). The second-order valence-corrected chi connectivity index (χ2v) is 7.40. The van der Waals surface area contributed by atoms with E-state index in [1.165, 1.54) is 16.7 Å². The lowest BCUT2D eigenvalue weighted by atomic mass is 10.2. The molecule has 0 spiro atoms. The van der Waals surface area contributed by atoms with E-state index in [0.29, 0.717) is 34.6 Å². The van der Waals surface area contributed by atoms with E-state index >= 15 is 0 Å². The van der Waals surface area contributed by atoms with Crippen molar-refractivity contribution in [2.24, 2.45) is 0 Å². The van der Waals surface area contributed by atoms with Crippen molar-refractivity contribution in [3.05, 3.63) is 33.8 Å². The van der Waals surface area contributed by atoms with Crippen LogP contribution in [0.3, 0.4) is 0 Å². The van der Waals surface area contributed by atoms with Gasteiger partial charge in [0.2, 0.25) is 5.91 Å². The van der Waals surface area contributed by atoms with E-state index in [2.05, 4.69) is 5.32 Å². The Bertz CT molecular complexity index is 701. The lowest BCUT2D eigenvalue weighted by Crippen LogP contribution is -2.55. The van der Waals surface area contributed by atoms with Gasteiger partial charge < -0.3 is 9.80 Å². The molecule has 2 fully saturated rings. The Balaban J connectivity index is 1.51. The van der Waals surface area contributed by atoms with Gasteiger partial charge in [-0.2, -0.15) is 0 Å². The minimum Gasteiger partial charge on any atom is -0.338 e. The van der Waals surface area contributed by atoms with Gasteiger partial charge in [0.15, 0.2) is 0 Å². The number of fused-ring (bicyclic) bond motifs is 1. The molecule has 0 aliphatic carbocycles. The third-order valence-corrected chi connectivity index (χ3v) is 5.58. The predicted molar refractivity (Wildman–Crippen MR) is 93.2 cm³/mol. The first-order chi connectivity index (χ1) is 11.5. The van der Waals surface area contributed by atoms with Gasteiger partial charge >= 0.3 is 6.03 Å². The second kappa shape index (κ2) is 7.21. The highest BCUT2D eigenvalue weighted by atomic mass is 35.5. The van der Waals surface area contributed by atoms with Crippen molar-refractivity contribution in [3.63, 3.8) is 0 Å². The summed E-state index contributed by atoms with van der Waals surface area (Å²) < 4.78 is 0. The number of nitrogens with one attached hydrogen (secondary N) is 1. The molecule has 1 unspecified atom stereocenters. The number of piperazine rings is 1. The average Bonchev–Trinajstić information content (AvgIpc) is 2.83. The number of nitrogens with zero attached hydrogens (tertiary/aromatic N) is 2. The maximum atomic E-state index is 12.3. The largest absolute Gasteiger partial charge is 0.338 e. The Labute approximate surface area is 153 Å². The summed E-state index contributed by atoms with van der Waals surface area (Å²) in [5.74, 6) is 0.515. The summed E-state index contributed by atoms with van der Waals surface area (Å²) in [6.07, 6.45) is 0. The lowest BCUT2D eigenvalue weighted by Gasteiger charge is -2.35. The number of carbonyl (C=O) groups is 3. The van der Waals surface area contributed by atoms with E-state index in [1.54, 1.807) is 17.0 Å². The molecule has 9 heteroatoms. The van der Waals surface area contributed by atoms with E-state index in [1.807, 2.05) is 6.07 Å². The molecule has 0 radical (unpaired) electrons. The minimum atomic E-state index is -0.564. The summed E-state index contributed by atoms with van der Waals surface area (Å²) in [5, 5.41) is 3.43. The number of hydrogen-bond donors (Lipinski definition) is 1. The summed E-state index contributed by atoms with van der Waals surface area (Å²) in [6.45, 7) is 1.07. The number of amides is 4. The Kier molecular flexibility index (Phi) is 5.22. The topological polar surface area (TPSA) is 69.7 Å². The van der Waals surface area contributed by atoms with Crippen LogP contribution in [-0.4, -0.2) is 59.1 Å². The number of hydrogen-bond acceptors (Lipinski definition) is 4. The van der Waals surface area contributed by atoms with E-state index in [-0.39, 0.29) is 24.4 Å². The first kappa shape index (κ1) is 17.4. The monoisotopic (exact) mass is 387 g/mol. The minimum absolute atomic E-state index is 0.0446. The van der Waals surface area contributed by atoms with Crippen LogP contribution in [0.1, 0.15) is 5.56 Å². The normalized spacial score (nSPS) is 20.2. The van der Waals surface area contributed by atoms with Crippen LogP contribution in [0.25, 0.3) is 0 Å². The van der Waals surface area contributed by atoms with Crippen molar-refractivity contribution in [2.45, 2.75) is 11.8 Å². The smallest absolute Gasteiger partial charge is 0.324 e. The van der Waals surface area contributed by atoms with Gasteiger partial charge in [-0.3, -0.25) is 14.9 Å². The molecule has 1 aromatic rings. The maximum absolute atomic E-state index is 12.3. The fourth-order valence-corrected chi connectivity index (χ4v) is 4.20. The molecular weight excluding hydrogens is 373 g/mol.